The van der Waals surface area contributed by atoms with E-state index in [0.29, 0.717) is 19.0 Å². The zero-order chi connectivity index (χ0) is 14.3. The van der Waals surface area contributed by atoms with Crippen molar-refractivity contribution in [3.63, 3.8) is 0 Å². The highest BCUT2D eigenvalue weighted by Crippen LogP contribution is 2.12. The van der Waals surface area contributed by atoms with Crippen LogP contribution in [0.25, 0.3) is 0 Å². The van der Waals surface area contributed by atoms with Crippen LogP contribution in [0.2, 0.25) is 0 Å². The molecule has 6 nitrogen and oxygen atoms in total. The topological polar surface area (TPSA) is 92.5 Å². The van der Waals surface area contributed by atoms with E-state index in [4.69, 9.17) is 5.73 Å². The number of nitrogens with two attached hydrogens (primary N) is 1. The Morgan fingerprint density at radius 3 is 2.53 bits per heavy atom. The van der Waals surface area contributed by atoms with Gasteiger partial charge in [-0.2, -0.15) is 0 Å². The first-order chi connectivity index (χ1) is 8.94. The number of amides is 1. The minimum Gasteiger partial charge on any atom is -0.369 e. The van der Waals surface area contributed by atoms with Crippen LogP contribution in [-0.2, 0) is 14.6 Å². The molecule has 0 aromatic rings. The van der Waals surface area contributed by atoms with E-state index in [1.54, 1.807) is 6.92 Å². The molecule has 0 radical (unpaired) electrons. The number of carbonyl (C=O) groups excluding carboxylic acids is 1. The first-order valence-electron chi connectivity index (χ1n) is 6.88. The zero-order valence-electron chi connectivity index (χ0n) is 11.6. The molecular formula is C12H25N3O3S. The van der Waals surface area contributed by atoms with E-state index in [2.05, 4.69) is 5.32 Å². The molecule has 1 heterocycles. The lowest BCUT2D eigenvalue weighted by molar-refractivity contribution is -0.119. The fraction of sp³-hybridized carbons (Fsp3) is 0.917. The van der Waals surface area contributed by atoms with Gasteiger partial charge >= 0.3 is 0 Å². The maximum Gasteiger partial charge on any atom is 0.231 e. The van der Waals surface area contributed by atoms with Crippen molar-refractivity contribution < 1.29 is 13.2 Å². The Morgan fingerprint density at radius 1 is 1.37 bits per heavy atom. The maximum absolute atomic E-state index is 11.5. The number of piperidine rings is 1. The van der Waals surface area contributed by atoms with Crippen molar-refractivity contribution in [2.45, 2.75) is 32.2 Å². The number of primary amides is 1. The largest absolute Gasteiger partial charge is 0.369 e. The van der Waals surface area contributed by atoms with Gasteiger partial charge in [0.05, 0.1) is 12.3 Å². The van der Waals surface area contributed by atoms with E-state index in [9.17, 15) is 13.2 Å². The molecule has 112 valence electrons. The standard InChI is InChI=1S/C12H25N3O3S/c1-2-19(17,18)9-3-8-15(10-12(13)16)11-4-6-14-7-5-11/h11,14H,2-10H2,1H3,(H2,13,16). The lowest BCUT2D eigenvalue weighted by Crippen LogP contribution is -2.47. The van der Waals surface area contributed by atoms with Gasteiger partial charge in [-0.25, -0.2) is 8.42 Å². The average molecular weight is 291 g/mol. The fourth-order valence-electron chi connectivity index (χ4n) is 2.39. The van der Waals surface area contributed by atoms with Crippen molar-refractivity contribution in [3.05, 3.63) is 0 Å². The monoisotopic (exact) mass is 291 g/mol. The summed E-state index contributed by atoms with van der Waals surface area (Å²) in [5.41, 5.74) is 5.27. The molecule has 0 bridgehead atoms. The Balaban J connectivity index is 2.47. The Hall–Kier alpha value is -0.660. The number of nitrogens with zero attached hydrogens (tertiary/aromatic N) is 1. The highest BCUT2D eigenvalue weighted by Gasteiger charge is 2.22. The van der Waals surface area contributed by atoms with Crippen molar-refractivity contribution in [2.75, 3.05) is 37.7 Å². The number of hydrogen-bond donors (Lipinski definition) is 2. The van der Waals surface area contributed by atoms with E-state index in [-0.39, 0.29) is 24.0 Å². The smallest absolute Gasteiger partial charge is 0.231 e. The van der Waals surface area contributed by atoms with Crippen molar-refractivity contribution in [1.82, 2.24) is 10.2 Å². The van der Waals surface area contributed by atoms with Crippen LogP contribution in [0.4, 0.5) is 0 Å². The molecule has 0 unspecified atom stereocenters. The molecule has 1 aliphatic heterocycles. The summed E-state index contributed by atoms with van der Waals surface area (Å²) in [6.45, 7) is 4.37. The second-order valence-corrected chi connectivity index (χ2v) is 7.48. The fourth-order valence-corrected chi connectivity index (χ4v) is 3.25. The molecule has 1 amide bonds. The molecule has 19 heavy (non-hydrogen) atoms. The van der Waals surface area contributed by atoms with E-state index < -0.39 is 9.84 Å². The molecule has 7 heteroatoms. The molecule has 1 rings (SSSR count). The highest BCUT2D eigenvalue weighted by molar-refractivity contribution is 7.91. The normalized spacial score (nSPS) is 17.8. The SMILES string of the molecule is CCS(=O)(=O)CCCN(CC(N)=O)C1CCNCC1. The lowest BCUT2D eigenvalue weighted by atomic mass is 10.0. The Bertz CT molecular complexity index is 378. The molecule has 0 saturated carbocycles. The third kappa shape index (κ3) is 6.35. The van der Waals surface area contributed by atoms with Crippen molar-refractivity contribution in [2.24, 2.45) is 5.73 Å². The van der Waals surface area contributed by atoms with Gasteiger partial charge < -0.3 is 11.1 Å². The summed E-state index contributed by atoms with van der Waals surface area (Å²) in [5.74, 6) is 0.0109. The molecule has 0 aromatic heterocycles. The average Bonchev–Trinajstić information content (AvgIpc) is 2.38. The molecule has 1 aliphatic rings. The Morgan fingerprint density at radius 2 is 2.00 bits per heavy atom. The second-order valence-electron chi connectivity index (χ2n) is 5.01. The molecule has 0 aliphatic carbocycles. The Kier molecular flexibility index (Phi) is 6.74. The number of nitrogens with one attached hydrogen (secondary N) is 1. The zero-order valence-corrected chi connectivity index (χ0v) is 12.4. The van der Waals surface area contributed by atoms with E-state index in [0.717, 1.165) is 25.9 Å². The molecule has 3 N–H and O–H groups in total. The number of rotatable bonds is 8. The summed E-state index contributed by atoms with van der Waals surface area (Å²) in [5, 5.41) is 3.27. The molecule has 0 atom stereocenters. The molecular weight excluding hydrogens is 266 g/mol. The third-order valence-electron chi connectivity index (χ3n) is 3.52. The van der Waals surface area contributed by atoms with Crippen LogP contribution in [0.15, 0.2) is 0 Å². The van der Waals surface area contributed by atoms with Crippen LogP contribution in [0.5, 0.6) is 0 Å². The van der Waals surface area contributed by atoms with Crippen LogP contribution in [-0.4, -0.2) is 63.0 Å². The van der Waals surface area contributed by atoms with Gasteiger partial charge in [0.15, 0.2) is 0 Å². The van der Waals surface area contributed by atoms with Gasteiger partial charge in [0.25, 0.3) is 0 Å². The number of carbonyl (C=O) groups is 1. The predicted molar refractivity (Wildman–Crippen MR) is 75.6 cm³/mol. The van der Waals surface area contributed by atoms with Gasteiger partial charge in [-0.3, -0.25) is 9.69 Å². The molecule has 0 spiro atoms. The van der Waals surface area contributed by atoms with E-state index >= 15 is 0 Å². The summed E-state index contributed by atoms with van der Waals surface area (Å²) in [7, 11) is -2.93. The third-order valence-corrected chi connectivity index (χ3v) is 5.31. The van der Waals surface area contributed by atoms with E-state index in [1.807, 2.05) is 4.90 Å². The summed E-state index contributed by atoms with van der Waals surface area (Å²) >= 11 is 0. The Labute approximate surface area is 115 Å². The van der Waals surface area contributed by atoms with Gasteiger partial charge in [-0.15, -0.1) is 0 Å². The first kappa shape index (κ1) is 16.4. The number of hydrogen-bond acceptors (Lipinski definition) is 5. The van der Waals surface area contributed by atoms with Gasteiger partial charge in [0, 0.05) is 11.8 Å². The second kappa shape index (κ2) is 7.81. The molecule has 0 aromatic carbocycles. The summed E-state index contributed by atoms with van der Waals surface area (Å²) in [6, 6.07) is 0.332. The van der Waals surface area contributed by atoms with E-state index in [1.165, 1.54) is 0 Å². The molecule has 1 saturated heterocycles. The van der Waals surface area contributed by atoms with Gasteiger partial charge in [0.2, 0.25) is 5.91 Å². The lowest BCUT2D eigenvalue weighted by Gasteiger charge is -2.33. The predicted octanol–water partition coefficient (Wildman–Crippen LogP) is -0.649. The van der Waals surface area contributed by atoms with Gasteiger partial charge in [0.1, 0.15) is 9.84 Å². The van der Waals surface area contributed by atoms with Crippen LogP contribution in [0.3, 0.4) is 0 Å². The minimum atomic E-state index is -2.93. The maximum atomic E-state index is 11.5. The summed E-state index contributed by atoms with van der Waals surface area (Å²) in [4.78, 5) is 13.2. The van der Waals surface area contributed by atoms with Gasteiger partial charge in [-0.1, -0.05) is 6.92 Å². The minimum absolute atomic E-state index is 0.177. The van der Waals surface area contributed by atoms with Crippen LogP contribution in [0, 0.1) is 0 Å². The summed E-state index contributed by atoms with van der Waals surface area (Å²) in [6.07, 6.45) is 2.52. The van der Waals surface area contributed by atoms with Crippen LogP contribution < -0.4 is 11.1 Å². The van der Waals surface area contributed by atoms with Gasteiger partial charge in [-0.05, 0) is 38.9 Å². The highest BCUT2D eigenvalue weighted by atomic mass is 32.2. The van der Waals surface area contributed by atoms with Crippen molar-refractivity contribution in [1.29, 1.82) is 0 Å². The van der Waals surface area contributed by atoms with Crippen molar-refractivity contribution >= 4 is 15.7 Å². The quantitative estimate of drug-likeness (QED) is 0.620. The van der Waals surface area contributed by atoms with Crippen molar-refractivity contribution in [3.8, 4) is 0 Å². The van der Waals surface area contributed by atoms with Crippen LogP contribution in [0.1, 0.15) is 26.2 Å². The first-order valence-corrected chi connectivity index (χ1v) is 8.70. The molecule has 1 fully saturated rings. The van der Waals surface area contributed by atoms with Crippen LogP contribution >= 0.6 is 0 Å². The summed E-state index contributed by atoms with van der Waals surface area (Å²) < 4.78 is 22.9. The number of sulfone groups is 1.